The van der Waals surface area contributed by atoms with Gasteiger partial charge in [-0.15, -0.1) is 0 Å². The lowest BCUT2D eigenvalue weighted by Crippen LogP contribution is -2.49. The maximum atomic E-state index is 10.6. The van der Waals surface area contributed by atoms with E-state index in [2.05, 4.69) is 29.2 Å². The van der Waals surface area contributed by atoms with Crippen molar-refractivity contribution in [1.29, 1.82) is 0 Å². The van der Waals surface area contributed by atoms with Gasteiger partial charge in [-0.2, -0.15) is 0 Å². The van der Waals surface area contributed by atoms with Crippen LogP contribution in [0.3, 0.4) is 0 Å². The Bertz CT molecular complexity index is 678. The summed E-state index contributed by atoms with van der Waals surface area (Å²) in [5.41, 5.74) is 2.32. The first-order valence-corrected chi connectivity index (χ1v) is 9.54. The van der Waals surface area contributed by atoms with Crippen LogP contribution in [-0.2, 0) is 22.7 Å². The Morgan fingerprint density at radius 1 is 0.885 bits per heavy atom. The summed E-state index contributed by atoms with van der Waals surface area (Å²) in [6, 6.07) is 20.5. The van der Waals surface area contributed by atoms with Crippen molar-refractivity contribution in [1.82, 2.24) is 4.90 Å². The van der Waals surface area contributed by atoms with E-state index in [0.717, 1.165) is 31.5 Å². The van der Waals surface area contributed by atoms with Crippen molar-refractivity contribution in [3.8, 4) is 0 Å². The van der Waals surface area contributed by atoms with Gasteiger partial charge in [-0.1, -0.05) is 60.7 Å². The fourth-order valence-electron chi connectivity index (χ4n) is 4.16. The van der Waals surface area contributed by atoms with Gasteiger partial charge in [0.25, 0.3) is 0 Å². The van der Waals surface area contributed by atoms with E-state index in [1.807, 2.05) is 36.4 Å². The molecule has 4 heteroatoms. The molecule has 2 aromatic rings. The SMILES string of the molecule is O[C@@H]1CCCN2C[C@@H](OCc3ccccc3)[C@@H](OCc3ccccc3)[C@@H]12. The van der Waals surface area contributed by atoms with Gasteiger partial charge >= 0.3 is 0 Å². The lowest BCUT2D eigenvalue weighted by atomic mass is 9.96. The van der Waals surface area contributed by atoms with Crippen LogP contribution in [-0.4, -0.2) is 47.4 Å². The lowest BCUT2D eigenvalue weighted by molar-refractivity contribution is -0.0927. The Balaban J connectivity index is 1.45. The number of aliphatic hydroxyl groups is 1. The molecule has 138 valence electrons. The zero-order valence-electron chi connectivity index (χ0n) is 15.0. The zero-order valence-corrected chi connectivity index (χ0v) is 15.0. The standard InChI is InChI=1S/C22H27NO3/c24-19-12-7-13-23-14-20(25-15-17-8-3-1-4-9-17)22(21(19)23)26-16-18-10-5-2-6-11-18/h1-6,8-11,19-22,24H,7,12-16H2/t19-,20-,21-,22-/m1/s1. The quantitative estimate of drug-likeness (QED) is 0.867. The predicted molar refractivity (Wildman–Crippen MR) is 101 cm³/mol. The molecule has 2 aliphatic rings. The number of hydrogen-bond donors (Lipinski definition) is 1. The minimum absolute atomic E-state index is 0.0170. The van der Waals surface area contributed by atoms with Gasteiger partial charge in [-0.25, -0.2) is 0 Å². The number of hydrogen-bond acceptors (Lipinski definition) is 4. The number of nitrogens with zero attached hydrogens (tertiary/aromatic N) is 1. The molecule has 26 heavy (non-hydrogen) atoms. The van der Waals surface area contributed by atoms with Crippen LogP contribution < -0.4 is 0 Å². The monoisotopic (exact) mass is 353 g/mol. The molecule has 0 aliphatic carbocycles. The predicted octanol–water partition coefficient (Wildman–Crippen LogP) is 3.00. The van der Waals surface area contributed by atoms with Crippen LogP contribution in [0.15, 0.2) is 60.7 Å². The van der Waals surface area contributed by atoms with Crippen LogP contribution in [0.4, 0.5) is 0 Å². The second-order valence-electron chi connectivity index (χ2n) is 7.29. The molecule has 0 unspecified atom stereocenters. The van der Waals surface area contributed by atoms with Gasteiger partial charge in [-0.05, 0) is 30.5 Å². The minimum Gasteiger partial charge on any atom is -0.391 e. The highest BCUT2D eigenvalue weighted by Gasteiger charge is 2.48. The molecule has 2 aliphatic heterocycles. The first-order chi connectivity index (χ1) is 12.8. The maximum absolute atomic E-state index is 10.6. The molecule has 0 saturated carbocycles. The molecule has 4 rings (SSSR count). The highest BCUT2D eigenvalue weighted by molar-refractivity contribution is 5.15. The summed E-state index contributed by atoms with van der Waals surface area (Å²) < 4.78 is 12.6. The Hall–Kier alpha value is -1.72. The Morgan fingerprint density at radius 2 is 1.50 bits per heavy atom. The molecule has 1 N–H and O–H groups in total. The molecule has 0 amide bonds. The van der Waals surface area contributed by atoms with Gasteiger partial charge in [-0.3, -0.25) is 4.90 Å². The summed E-state index contributed by atoms with van der Waals surface area (Å²) >= 11 is 0. The van der Waals surface area contributed by atoms with Crippen LogP contribution in [0.2, 0.25) is 0 Å². The Kier molecular flexibility index (Phi) is 5.65. The van der Waals surface area contributed by atoms with Crippen molar-refractivity contribution in [2.45, 2.75) is 50.4 Å². The van der Waals surface area contributed by atoms with E-state index < -0.39 is 0 Å². The van der Waals surface area contributed by atoms with E-state index in [-0.39, 0.29) is 24.4 Å². The summed E-state index contributed by atoms with van der Waals surface area (Å²) in [6.45, 7) is 2.97. The molecule has 2 saturated heterocycles. The largest absolute Gasteiger partial charge is 0.391 e. The number of fused-ring (bicyclic) bond motifs is 1. The molecule has 0 bridgehead atoms. The number of aliphatic hydroxyl groups excluding tert-OH is 1. The average Bonchev–Trinajstić information content (AvgIpc) is 3.05. The summed E-state index contributed by atoms with van der Waals surface area (Å²) in [7, 11) is 0. The number of ether oxygens (including phenoxy) is 2. The Labute approximate surface area is 155 Å². The van der Waals surface area contributed by atoms with Gasteiger partial charge < -0.3 is 14.6 Å². The van der Waals surface area contributed by atoms with Gasteiger partial charge in [0.05, 0.1) is 31.5 Å². The average molecular weight is 353 g/mol. The van der Waals surface area contributed by atoms with Crippen molar-refractivity contribution >= 4 is 0 Å². The molecular formula is C22H27NO3. The van der Waals surface area contributed by atoms with Crippen LogP contribution in [0, 0.1) is 0 Å². The maximum Gasteiger partial charge on any atom is 0.103 e. The first kappa shape index (κ1) is 17.7. The zero-order chi connectivity index (χ0) is 17.8. The molecule has 4 nitrogen and oxygen atoms in total. The van der Waals surface area contributed by atoms with Crippen molar-refractivity contribution in [2.75, 3.05) is 13.1 Å². The number of rotatable bonds is 6. The topological polar surface area (TPSA) is 41.9 Å². The summed E-state index contributed by atoms with van der Waals surface area (Å²) in [5, 5.41) is 10.6. The van der Waals surface area contributed by atoms with Crippen molar-refractivity contribution < 1.29 is 14.6 Å². The lowest BCUT2D eigenvalue weighted by Gasteiger charge is -2.36. The van der Waals surface area contributed by atoms with Gasteiger partial charge in [0.2, 0.25) is 0 Å². The molecule has 0 spiro atoms. The first-order valence-electron chi connectivity index (χ1n) is 9.54. The Morgan fingerprint density at radius 3 is 2.15 bits per heavy atom. The van der Waals surface area contributed by atoms with Crippen molar-refractivity contribution in [3.63, 3.8) is 0 Å². The van der Waals surface area contributed by atoms with E-state index in [1.165, 1.54) is 5.56 Å². The second kappa shape index (κ2) is 8.31. The number of piperidine rings is 1. The third-order valence-electron chi connectivity index (χ3n) is 5.47. The minimum atomic E-state index is -0.338. The van der Waals surface area contributed by atoms with Crippen molar-refractivity contribution in [3.05, 3.63) is 71.8 Å². The molecule has 2 aromatic carbocycles. The second-order valence-corrected chi connectivity index (χ2v) is 7.29. The van der Waals surface area contributed by atoms with E-state index in [0.29, 0.717) is 13.2 Å². The molecule has 0 aromatic heterocycles. The fraction of sp³-hybridized carbons (Fsp3) is 0.455. The smallest absolute Gasteiger partial charge is 0.103 e. The highest BCUT2D eigenvalue weighted by Crippen LogP contribution is 2.32. The molecule has 2 fully saturated rings. The number of benzene rings is 2. The molecule has 4 atom stereocenters. The molecule has 2 heterocycles. The van der Waals surface area contributed by atoms with Gasteiger partial charge in [0.15, 0.2) is 0 Å². The van der Waals surface area contributed by atoms with E-state index in [1.54, 1.807) is 0 Å². The highest BCUT2D eigenvalue weighted by atomic mass is 16.5. The molecular weight excluding hydrogens is 326 g/mol. The van der Waals surface area contributed by atoms with Crippen LogP contribution >= 0.6 is 0 Å². The van der Waals surface area contributed by atoms with Crippen molar-refractivity contribution in [2.24, 2.45) is 0 Å². The van der Waals surface area contributed by atoms with Crippen LogP contribution in [0.1, 0.15) is 24.0 Å². The van der Waals surface area contributed by atoms with E-state index in [4.69, 9.17) is 9.47 Å². The third-order valence-corrected chi connectivity index (χ3v) is 5.47. The molecule has 0 radical (unpaired) electrons. The third kappa shape index (κ3) is 3.99. The normalized spacial score (nSPS) is 28.8. The van der Waals surface area contributed by atoms with Gasteiger partial charge in [0.1, 0.15) is 6.10 Å². The fourth-order valence-corrected chi connectivity index (χ4v) is 4.16. The van der Waals surface area contributed by atoms with E-state index >= 15 is 0 Å². The summed E-state index contributed by atoms with van der Waals surface area (Å²) in [5.74, 6) is 0. The summed E-state index contributed by atoms with van der Waals surface area (Å²) in [4.78, 5) is 2.35. The van der Waals surface area contributed by atoms with E-state index in [9.17, 15) is 5.11 Å². The van der Waals surface area contributed by atoms with Gasteiger partial charge in [0, 0.05) is 6.54 Å². The van der Waals surface area contributed by atoms with Crippen LogP contribution in [0.25, 0.3) is 0 Å². The summed E-state index contributed by atoms with van der Waals surface area (Å²) in [6.07, 6.45) is 1.42. The van der Waals surface area contributed by atoms with Crippen LogP contribution in [0.5, 0.6) is 0 Å².